The van der Waals surface area contributed by atoms with Gasteiger partial charge in [0.05, 0.1) is 5.56 Å². The Labute approximate surface area is 155 Å². The minimum atomic E-state index is -0.128. The summed E-state index contributed by atoms with van der Waals surface area (Å²) in [5, 5.41) is 0.211. The van der Waals surface area contributed by atoms with Gasteiger partial charge in [-0.3, -0.25) is 9.59 Å². The highest BCUT2D eigenvalue weighted by molar-refractivity contribution is 9.10. The predicted molar refractivity (Wildman–Crippen MR) is 96.0 cm³/mol. The first-order valence-corrected chi connectivity index (χ1v) is 9.60. The Bertz CT molecular complexity index is 626. The Morgan fingerprint density at radius 3 is 2.46 bits per heavy atom. The molecule has 0 atom stereocenters. The summed E-state index contributed by atoms with van der Waals surface area (Å²) in [7, 11) is 0. The molecule has 1 aromatic rings. The van der Waals surface area contributed by atoms with Crippen molar-refractivity contribution in [1.82, 2.24) is 14.8 Å². The van der Waals surface area contributed by atoms with E-state index in [1.807, 2.05) is 4.90 Å². The Morgan fingerprint density at radius 1 is 1.17 bits per heavy atom. The molecule has 7 heteroatoms. The van der Waals surface area contributed by atoms with Crippen LogP contribution in [0.4, 0.5) is 0 Å². The van der Waals surface area contributed by atoms with Gasteiger partial charge < -0.3 is 9.80 Å². The highest BCUT2D eigenvalue weighted by Crippen LogP contribution is 2.28. The van der Waals surface area contributed by atoms with Gasteiger partial charge in [0, 0.05) is 43.3 Å². The molecule has 0 radical (unpaired) electrons. The van der Waals surface area contributed by atoms with Gasteiger partial charge >= 0.3 is 0 Å². The van der Waals surface area contributed by atoms with Crippen molar-refractivity contribution in [2.75, 3.05) is 26.2 Å². The summed E-state index contributed by atoms with van der Waals surface area (Å²) in [4.78, 5) is 32.6. The van der Waals surface area contributed by atoms with Crippen molar-refractivity contribution in [3.8, 4) is 0 Å². The van der Waals surface area contributed by atoms with Crippen molar-refractivity contribution in [3.63, 3.8) is 0 Å². The summed E-state index contributed by atoms with van der Waals surface area (Å²) in [6.07, 6.45) is 7.09. The molecule has 0 N–H and O–H groups in total. The zero-order valence-corrected chi connectivity index (χ0v) is 15.9. The smallest absolute Gasteiger partial charge is 0.257 e. The van der Waals surface area contributed by atoms with Crippen molar-refractivity contribution in [2.45, 2.75) is 32.1 Å². The van der Waals surface area contributed by atoms with Crippen LogP contribution in [0.5, 0.6) is 0 Å². The zero-order chi connectivity index (χ0) is 17.1. The number of hydrogen-bond donors (Lipinski definition) is 0. The molecular formula is C17H21BrClN3O2. The standard InChI is InChI=1S/C17H21BrClN3O2/c18-13-10-14(16(19)20-11-13)17(24)22-7-5-21(6-8-22)15(23)9-12-3-1-2-4-12/h10-12H,1-9H2. The van der Waals surface area contributed by atoms with Gasteiger partial charge in [-0.1, -0.05) is 24.4 Å². The maximum absolute atomic E-state index is 12.6. The first-order valence-electron chi connectivity index (χ1n) is 8.42. The quantitative estimate of drug-likeness (QED) is 0.713. The minimum absolute atomic E-state index is 0.128. The maximum atomic E-state index is 12.6. The maximum Gasteiger partial charge on any atom is 0.257 e. The lowest BCUT2D eigenvalue weighted by Gasteiger charge is -2.35. The second kappa shape index (κ2) is 7.83. The van der Waals surface area contributed by atoms with Crippen LogP contribution in [0.2, 0.25) is 5.15 Å². The van der Waals surface area contributed by atoms with Crippen molar-refractivity contribution in [3.05, 3.63) is 27.5 Å². The van der Waals surface area contributed by atoms with Crippen molar-refractivity contribution in [1.29, 1.82) is 0 Å². The number of aromatic nitrogens is 1. The largest absolute Gasteiger partial charge is 0.339 e. The highest BCUT2D eigenvalue weighted by atomic mass is 79.9. The van der Waals surface area contributed by atoms with Crippen LogP contribution >= 0.6 is 27.5 Å². The number of halogens is 2. The third kappa shape index (κ3) is 4.09. The fourth-order valence-corrected chi connectivity index (χ4v) is 4.01. The van der Waals surface area contributed by atoms with E-state index >= 15 is 0 Å². The summed E-state index contributed by atoms with van der Waals surface area (Å²) < 4.78 is 0.723. The predicted octanol–water partition coefficient (Wildman–Crippen LogP) is 3.36. The van der Waals surface area contributed by atoms with Gasteiger partial charge in [0.25, 0.3) is 5.91 Å². The van der Waals surface area contributed by atoms with E-state index in [1.165, 1.54) is 25.7 Å². The van der Waals surface area contributed by atoms with E-state index in [0.29, 0.717) is 44.1 Å². The molecule has 2 fully saturated rings. The summed E-state index contributed by atoms with van der Waals surface area (Å²) >= 11 is 9.35. The SMILES string of the molecule is O=C(CC1CCCC1)N1CCN(C(=O)c2cc(Br)cnc2Cl)CC1. The second-order valence-electron chi connectivity index (χ2n) is 6.52. The van der Waals surface area contributed by atoms with Crippen LogP contribution in [-0.4, -0.2) is 52.8 Å². The van der Waals surface area contributed by atoms with Crippen LogP contribution in [0.15, 0.2) is 16.7 Å². The van der Waals surface area contributed by atoms with E-state index in [9.17, 15) is 9.59 Å². The number of hydrogen-bond acceptors (Lipinski definition) is 3. The van der Waals surface area contributed by atoms with Crippen LogP contribution in [-0.2, 0) is 4.79 Å². The lowest BCUT2D eigenvalue weighted by molar-refractivity contribution is -0.133. The van der Waals surface area contributed by atoms with E-state index in [2.05, 4.69) is 20.9 Å². The van der Waals surface area contributed by atoms with E-state index in [-0.39, 0.29) is 17.0 Å². The van der Waals surface area contributed by atoms with Gasteiger partial charge in [0.15, 0.2) is 0 Å². The molecule has 5 nitrogen and oxygen atoms in total. The van der Waals surface area contributed by atoms with Gasteiger partial charge in [-0.2, -0.15) is 0 Å². The number of rotatable bonds is 3. The van der Waals surface area contributed by atoms with Crippen LogP contribution in [0, 0.1) is 5.92 Å². The van der Waals surface area contributed by atoms with E-state index < -0.39 is 0 Å². The second-order valence-corrected chi connectivity index (χ2v) is 7.79. The Kier molecular flexibility index (Phi) is 5.76. The summed E-state index contributed by atoms with van der Waals surface area (Å²) in [5.41, 5.74) is 0.400. The monoisotopic (exact) mass is 413 g/mol. The molecule has 0 spiro atoms. The highest BCUT2D eigenvalue weighted by Gasteiger charge is 2.28. The van der Waals surface area contributed by atoms with Crippen molar-refractivity contribution >= 4 is 39.3 Å². The molecule has 0 unspecified atom stereocenters. The number of pyridine rings is 1. The number of amides is 2. The average Bonchev–Trinajstić information content (AvgIpc) is 3.09. The van der Waals surface area contributed by atoms with Gasteiger partial charge in [-0.25, -0.2) is 4.98 Å². The van der Waals surface area contributed by atoms with Gasteiger partial charge in [-0.15, -0.1) is 0 Å². The summed E-state index contributed by atoms with van der Waals surface area (Å²) in [6.45, 7) is 2.27. The van der Waals surface area contributed by atoms with E-state index in [0.717, 1.165) is 4.47 Å². The molecule has 0 bridgehead atoms. The third-order valence-electron chi connectivity index (χ3n) is 4.89. The zero-order valence-electron chi connectivity index (χ0n) is 13.5. The Balaban J connectivity index is 1.55. The molecule has 1 saturated carbocycles. The van der Waals surface area contributed by atoms with Crippen LogP contribution in [0.3, 0.4) is 0 Å². The van der Waals surface area contributed by atoms with Gasteiger partial charge in [0.1, 0.15) is 5.15 Å². The molecule has 2 heterocycles. The fraction of sp³-hybridized carbons (Fsp3) is 0.588. The number of piperazine rings is 1. The Hall–Kier alpha value is -1.14. The van der Waals surface area contributed by atoms with E-state index in [4.69, 9.17) is 11.6 Å². The van der Waals surface area contributed by atoms with Crippen molar-refractivity contribution in [2.24, 2.45) is 5.92 Å². The fourth-order valence-electron chi connectivity index (χ4n) is 3.49. The molecule has 2 amide bonds. The topological polar surface area (TPSA) is 53.5 Å². The average molecular weight is 415 g/mol. The normalized spacial score (nSPS) is 18.9. The van der Waals surface area contributed by atoms with Crippen LogP contribution < -0.4 is 0 Å². The number of carbonyl (C=O) groups is 2. The molecule has 1 saturated heterocycles. The molecule has 2 aliphatic rings. The molecule has 0 aromatic carbocycles. The van der Waals surface area contributed by atoms with Gasteiger partial charge in [0.2, 0.25) is 5.91 Å². The number of carbonyl (C=O) groups excluding carboxylic acids is 2. The molecule has 1 aliphatic heterocycles. The lowest BCUT2D eigenvalue weighted by Crippen LogP contribution is -2.50. The first kappa shape index (κ1) is 17.7. The molecule has 130 valence electrons. The van der Waals surface area contributed by atoms with Crippen LogP contribution in [0.25, 0.3) is 0 Å². The van der Waals surface area contributed by atoms with Crippen molar-refractivity contribution < 1.29 is 9.59 Å². The first-order chi connectivity index (χ1) is 11.5. The van der Waals surface area contributed by atoms with Crippen LogP contribution in [0.1, 0.15) is 42.5 Å². The summed E-state index contributed by atoms with van der Waals surface area (Å²) in [5.74, 6) is 0.663. The summed E-state index contributed by atoms with van der Waals surface area (Å²) in [6, 6.07) is 1.69. The number of nitrogens with zero attached hydrogens (tertiary/aromatic N) is 3. The molecular weight excluding hydrogens is 394 g/mol. The molecule has 24 heavy (non-hydrogen) atoms. The minimum Gasteiger partial charge on any atom is -0.339 e. The molecule has 1 aliphatic carbocycles. The van der Waals surface area contributed by atoms with E-state index in [1.54, 1.807) is 17.2 Å². The van der Waals surface area contributed by atoms with Gasteiger partial charge in [-0.05, 0) is 40.8 Å². The third-order valence-corrected chi connectivity index (χ3v) is 5.63. The molecule has 1 aromatic heterocycles. The molecule has 3 rings (SSSR count). The Morgan fingerprint density at radius 2 is 1.79 bits per heavy atom. The lowest BCUT2D eigenvalue weighted by atomic mass is 10.0.